The van der Waals surface area contributed by atoms with Gasteiger partial charge < -0.3 is 14.7 Å². The quantitative estimate of drug-likeness (QED) is 0.661. The van der Waals surface area contributed by atoms with E-state index in [0.717, 1.165) is 13.0 Å². The Hall–Kier alpha value is -3.41. The van der Waals surface area contributed by atoms with Crippen molar-refractivity contribution < 1.29 is 14.6 Å². The summed E-state index contributed by atoms with van der Waals surface area (Å²) in [5, 5.41) is 9.40. The molecule has 0 bridgehead atoms. The van der Waals surface area contributed by atoms with Gasteiger partial charge in [-0.2, -0.15) is 0 Å². The number of ether oxygens (including phenoxy) is 1. The van der Waals surface area contributed by atoms with Crippen LogP contribution in [-0.4, -0.2) is 34.6 Å². The first kappa shape index (κ1) is 18.4. The lowest BCUT2D eigenvalue weighted by molar-refractivity contribution is 0.0692. The van der Waals surface area contributed by atoms with E-state index in [1.165, 1.54) is 11.8 Å². The van der Waals surface area contributed by atoms with Crippen LogP contribution in [0.4, 0.5) is 5.95 Å². The third-order valence-corrected chi connectivity index (χ3v) is 4.12. The molecule has 0 spiro atoms. The summed E-state index contributed by atoms with van der Waals surface area (Å²) in [4.78, 5) is 22.0. The van der Waals surface area contributed by atoms with Crippen LogP contribution in [0.3, 0.4) is 0 Å². The van der Waals surface area contributed by atoms with Crippen molar-refractivity contribution in [1.29, 1.82) is 0 Å². The molecule has 138 valence electrons. The molecule has 0 radical (unpaired) electrons. The van der Waals surface area contributed by atoms with E-state index in [4.69, 9.17) is 4.74 Å². The Bertz CT molecular complexity index is 886. The fraction of sp³-hybridized carbons (Fsp3) is 0.190. The Labute approximate surface area is 158 Å². The molecule has 6 nitrogen and oxygen atoms in total. The Morgan fingerprint density at radius 1 is 1.07 bits per heavy atom. The molecule has 0 aliphatic rings. The standard InChI is InChI=1S/C21H21N3O3/c1-24(13-12-16-8-4-2-5-9-16)21-22-14-18(20(25)26)19(23-21)15-27-17-10-6-3-7-11-17/h2-11,14H,12-13,15H2,1H3,(H,25,26). The van der Waals surface area contributed by atoms with Crippen LogP contribution < -0.4 is 9.64 Å². The van der Waals surface area contributed by atoms with Crippen LogP contribution >= 0.6 is 0 Å². The van der Waals surface area contributed by atoms with Crippen LogP contribution in [0.2, 0.25) is 0 Å². The molecule has 2 aromatic carbocycles. The number of carboxylic acid groups (broad SMARTS) is 1. The second-order valence-electron chi connectivity index (χ2n) is 6.09. The summed E-state index contributed by atoms with van der Waals surface area (Å²) in [6.45, 7) is 0.781. The first-order valence-corrected chi connectivity index (χ1v) is 8.65. The molecule has 6 heteroatoms. The summed E-state index contributed by atoms with van der Waals surface area (Å²) < 4.78 is 5.67. The summed E-state index contributed by atoms with van der Waals surface area (Å²) in [6.07, 6.45) is 2.19. The SMILES string of the molecule is CN(CCc1ccccc1)c1ncc(C(=O)O)c(COc2ccccc2)n1. The zero-order valence-electron chi connectivity index (χ0n) is 15.1. The van der Waals surface area contributed by atoms with Gasteiger partial charge in [0, 0.05) is 19.8 Å². The number of benzene rings is 2. The number of aromatic carboxylic acids is 1. The van der Waals surface area contributed by atoms with Gasteiger partial charge in [-0.25, -0.2) is 14.8 Å². The number of aromatic nitrogens is 2. The van der Waals surface area contributed by atoms with Crippen LogP contribution in [-0.2, 0) is 13.0 Å². The molecule has 1 aromatic heterocycles. The molecule has 1 heterocycles. The van der Waals surface area contributed by atoms with Crippen LogP contribution in [0.15, 0.2) is 66.9 Å². The van der Waals surface area contributed by atoms with Gasteiger partial charge in [-0.1, -0.05) is 48.5 Å². The molecular weight excluding hydrogens is 342 g/mol. The first-order chi connectivity index (χ1) is 13.1. The molecule has 0 saturated carbocycles. The number of para-hydroxylation sites is 1. The van der Waals surface area contributed by atoms with E-state index in [9.17, 15) is 9.90 Å². The van der Waals surface area contributed by atoms with E-state index in [0.29, 0.717) is 17.4 Å². The second kappa shape index (κ2) is 8.80. The lowest BCUT2D eigenvalue weighted by atomic mass is 10.1. The smallest absolute Gasteiger partial charge is 0.339 e. The van der Waals surface area contributed by atoms with Gasteiger partial charge in [-0.15, -0.1) is 0 Å². The fourth-order valence-electron chi connectivity index (χ4n) is 2.59. The zero-order valence-corrected chi connectivity index (χ0v) is 15.1. The molecule has 0 aliphatic heterocycles. The highest BCUT2D eigenvalue weighted by Gasteiger charge is 2.16. The van der Waals surface area contributed by atoms with Gasteiger partial charge in [0.15, 0.2) is 0 Å². The maximum Gasteiger partial charge on any atom is 0.339 e. The zero-order chi connectivity index (χ0) is 19.1. The highest BCUT2D eigenvalue weighted by atomic mass is 16.5. The van der Waals surface area contributed by atoms with Gasteiger partial charge in [0.05, 0.1) is 5.69 Å². The number of rotatable bonds is 8. The Morgan fingerprint density at radius 2 is 1.74 bits per heavy atom. The van der Waals surface area contributed by atoms with Crippen molar-refractivity contribution in [2.24, 2.45) is 0 Å². The minimum Gasteiger partial charge on any atom is -0.487 e. The van der Waals surface area contributed by atoms with Gasteiger partial charge in [0.2, 0.25) is 5.95 Å². The molecule has 3 rings (SSSR count). The summed E-state index contributed by atoms with van der Waals surface area (Å²) in [5.74, 6) is 0.0641. The van der Waals surface area contributed by atoms with Crippen molar-refractivity contribution in [3.63, 3.8) is 0 Å². The number of likely N-dealkylation sites (N-methyl/N-ethyl adjacent to an activating group) is 1. The van der Waals surface area contributed by atoms with E-state index in [1.807, 2.05) is 60.5 Å². The normalized spacial score (nSPS) is 10.4. The summed E-state index contributed by atoms with van der Waals surface area (Å²) >= 11 is 0. The molecule has 1 N–H and O–H groups in total. The Balaban J connectivity index is 1.72. The minimum atomic E-state index is -1.07. The van der Waals surface area contributed by atoms with Crippen molar-refractivity contribution in [2.45, 2.75) is 13.0 Å². The average molecular weight is 363 g/mol. The van der Waals surface area contributed by atoms with E-state index >= 15 is 0 Å². The molecule has 0 atom stereocenters. The molecule has 27 heavy (non-hydrogen) atoms. The fourth-order valence-corrected chi connectivity index (χ4v) is 2.59. The number of hydrogen-bond acceptors (Lipinski definition) is 5. The van der Waals surface area contributed by atoms with Crippen LogP contribution in [0.25, 0.3) is 0 Å². The van der Waals surface area contributed by atoms with Gasteiger partial charge in [0.25, 0.3) is 0 Å². The Kier molecular flexibility index (Phi) is 5.99. The topological polar surface area (TPSA) is 75.6 Å². The second-order valence-corrected chi connectivity index (χ2v) is 6.09. The van der Waals surface area contributed by atoms with Crippen LogP contribution in [0.1, 0.15) is 21.6 Å². The molecule has 3 aromatic rings. The number of hydrogen-bond donors (Lipinski definition) is 1. The molecule has 0 fully saturated rings. The molecule has 0 unspecified atom stereocenters. The maximum atomic E-state index is 11.5. The van der Waals surface area contributed by atoms with E-state index in [2.05, 4.69) is 22.1 Å². The van der Waals surface area contributed by atoms with E-state index < -0.39 is 5.97 Å². The van der Waals surface area contributed by atoms with Crippen molar-refractivity contribution in [3.05, 3.63) is 83.7 Å². The lowest BCUT2D eigenvalue weighted by Crippen LogP contribution is -2.24. The molecule has 0 saturated heterocycles. The minimum absolute atomic E-state index is 0.0474. The number of carboxylic acids is 1. The van der Waals surface area contributed by atoms with Gasteiger partial charge in [-0.05, 0) is 24.1 Å². The monoisotopic (exact) mass is 363 g/mol. The predicted octanol–water partition coefficient (Wildman–Crippen LogP) is 3.43. The van der Waals surface area contributed by atoms with E-state index in [1.54, 1.807) is 0 Å². The largest absolute Gasteiger partial charge is 0.487 e. The third-order valence-electron chi connectivity index (χ3n) is 4.12. The van der Waals surface area contributed by atoms with Crippen LogP contribution in [0, 0.1) is 0 Å². The van der Waals surface area contributed by atoms with Crippen molar-refractivity contribution >= 4 is 11.9 Å². The predicted molar refractivity (Wildman–Crippen MR) is 103 cm³/mol. The van der Waals surface area contributed by atoms with Crippen molar-refractivity contribution in [1.82, 2.24) is 9.97 Å². The molecule has 0 aliphatic carbocycles. The number of carbonyl (C=O) groups is 1. The number of nitrogens with zero attached hydrogens (tertiary/aromatic N) is 3. The summed E-state index contributed by atoms with van der Waals surface area (Å²) in [5.41, 5.74) is 1.62. The maximum absolute atomic E-state index is 11.5. The van der Waals surface area contributed by atoms with Gasteiger partial charge >= 0.3 is 5.97 Å². The third kappa shape index (κ3) is 5.04. The van der Waals surface area contributed by atoms with Crippen molar-refractivity contribution in [3.8, 4) is 5.75 Å². The number of anilines is 1. The summed E-state index contributed by atoms with van der Waals surface area (Å²) in [6, 6.07) is 19.4. The lowest BCUT2D eigenvalue weighted by Gasteiger charge is -2.18. The molecular formula is C21H21N3O3. The van der Waals surface area contributed by atoms with Gasteiger partial charge in [0.1, 0.15) is 17.9 Å². The van der Waals surface area contributed by atoms with E-state index in [-0.39, 0.29) is 12.2 Å². The first-order valence-electron chi connectivity index (χ1n) is 8.65. The molecule has 0 amide bonds. The average Bonchev–Trinajstić information content (AvgIpc) is 2.71. The summed E-state index contributed by atoms with van der Waals surface area (Å²) in [7, 11) is 1.89. The van der Waals surface area contributed by atoms with Gasteiger partial charge in [-0.3, -0.25) is 0 Å². The van der Waals surface area contributed by atoms with Crippen molar-refractivity contribution in [2.75, 3.05) is 18.5 Å². The Morgan fingerprint density at radius 3 is 2.41 bits per heavy atom. The highest BCUT2D eigenvalue weighted by molar-refractivity contribution is 5.88. The highest BCUT2D eigenvalue weighted by Crippen LogP contribution is 2.16. The van der Waals surface area contributed by atoms with Crippen LogP contribution in [0.5, 0.6) is 5.75 Å².